The fourth-order valence-corrected chi connectivity index (χ4v) is 2.21. The number of carbonyl (C=O) groups is 1. The van der Waals surface area contributed by atoms with Gasteiger partial charge >= 0.3 is 6.03 Å². The van der Waals surface area contributed by atoms with Crippen LogP contribution in [0.5, 0.6) is 0 Å². The molecule has 2 aromatic carbocycles. The first-order valence-corrected chi connectivity index (χ1v) is 7.75. The van der Waals surface area contributed by atoms with Crippen molar-refractivity contribution in [1.82, 2.24) is 20.8 Å². The van der Waals surface area contributed by atoms with Crippen LogP contribution in [0.25, 0.3) is 11.4 Å². The van der Waals surface area contributed by atoms with Gasteiger partial charge in [-0.25, -0.2) is 4.79 Å². The fourth-order valence-electron chi connectivity index (χ4n) is 2.21. The highest BCUT2D eigenvalue weighted by molar-refractivity contribution is 5.73. The van der Waals surface area contributed by atoms with Crippen LogP contribution < -0.4 is 10.6 Å². The fraction of sp³-hybridized carbons (Fsp3) is 0.167. The van der Waals surface area contributed by atoms with Gasteiger partial charge in [0.15, 0.2) is 0 Å². The van der Waals surface area contributed by atoms with Crippen molar-refractivity contribution in [2.24, 2.45) is 0 Å². The van der Waals surface area contributed by atoms with Gasteiger partial charge in [0.25, 0.3) is 0 Å². The number of hydrogen-bond donors (Lipinski definition) is 2. The number of rotatable bonds is 6. The topological polar surface area (TPSA) is 80.0 Å². The van der Waals surface area contributed by atoms with E-state index in [1.165, 1.54) is 5.56 Å². The molecule has 0 fully saturated rings. The summed E-state index contributed by atoms with van der Waals surface area (Å²) >= 11 is 0. The van der Waals surface area contributed by atoms with Gasteiger partial charge in [0.05, 0.1) is 6.54 Å². The average molecular weight is 322 g/mol. The van der Waals surface area contributed by atoms with Crippen LogP contribution in [0.1, 0.15) is 11.5 Å². The molecule has 0 unspecified atom stereocenters. The molecule has 0 atom stereocenters. The van der Waals surface area contributed by atoms with Crippen LogP contribution >= 0.6 is 0 Å². The number of carbonyl (C=O) groups excluding carboxylic acids is 1. The predicted octanol–water partition coefficient (Wildman–Crippen LogP) is 2.78. The lowest BCUT2D eigenvalue weighted by Gasteiger charge is -2.05. The number of aromatic nitrogens is 2. The van der Waals surface area contributed by atoms with E-state index in [9.17, 15) is 4.79 Å². The first-order valence-electron chi connectivity index (χ1n) is 7.75. The molecule has 2 amide bonds. The SMILES string of the molecule is O=C(NCCc1ccccc1)NCc1nc(-c2ccccc2)no1. The van der Waals surface area contributed by atoms with Gasteiger partial charge in [0, 0.05) is 12.1 Å². The van der Waals surface area contributed by atoms with Crippen molar-refractivity contribution >= 4 is 6.03 Å². The van der Waals surface area contributed by atoms with E-state index in [0.717, 1.165) is 12.0 Å². The summed E-state index contributed by atoms with van der Waals surface area (Å²) in [6.07, 6.45) is 0.785. The molecule has 2 N–H and O–H groups in total. The van der Waals surface area contributed by atoms with Crippen LogP contribution in [-0.2, 0) is 13.0 Å². The minimum absolute atomic E-state index is 0.191. The summed E-state index contributed by atoms with van der Waals surface area (Å²) in [7, 11) is 0. The normalized spacial score (nSPS) is 10.3. The lowest BCUT2D eigenvalue weighted by molar-refractivity contribution is 0.238. The zero-order chi connectivity index (χ0) is 16.6. The Morgan fingerprint density at radius 2 is 1.67 bits per heavy atom. The van der Waals surface area contributed by atoms with E-state index >= 15 is 0 Å². The number of nitrogens with one attached hydrogen (secondary N) is 2. The number of urea groups is 1. The van der Waals surface area contributed by atoms with Crippen molar-refractivity contribution in [2.45, 2.75) is 13.0 Å². The highest BCUT2D eigenvalue weighted by Crippen LogP contribution is 2.14. The monoisotopic (exact) mass is 322 g/mol. The Bertz CT molecular complexity index is 772. The maximum Gasteiger partial charge on any atom is 0.315 e. The molecule has 0 aliphatic carbocycles. The van der Waals surface area contributed by atoms with Gasteiger partial charge in [0.2, 0.25) is 11.7 Å². The van der Waals surface area contributed by atoms with Gasteiger partial charge in [-0.05, 0) is 12.0 Å². The third-order valence-electron chi connectivity index (χ3n) is 3.44. The van der Waals surface area contributed by atoms with Crippen LogP contribution in [0.15, 0.2) is 65.2 Å². The Kier molecular flexibility index (Phi) is 5.19. The molecule has 0 aliphatic rings. The summed E-state index contributed by atoms with van der Waals surface area (Å²) in [4.78, 5) is 16.0. The van der Waals surface area contributed by atoms with Gasteiger partial charge in [0.1, 0.15) is 0 Å². The van der Waals surface area contributed by atoms with Crippen molar-refractivity contribution in [3.63, 3.8) is 0 Å². The lowest BCUT2D eigenvalue weighted by Crippen LogP contribution is -2.36. The van der Waals surface area contributed by atoms with Gasteiger partial charge in [-0.2, -0.15) is 4.98 Å². The van der Waals surface area contributed by atoms with Gasteiger partial charge in [-0.15, -0.1) is 0 Å². The van der Waals surface area contributed by atoms with E-state index < -0.39 is 0 Å². The molecule has 6 heteroatoms. The molecule has 0 saturated carbocycles. The average Bonchev–Trinajstić information content (AvgIpc) is 3.11. The molecule has 1 aromatic heterocycles. The van der Waals surface area contributed by atoms with Crippen LogP contribution in [0.4, 0.5) is 4.79 Å². The molecule has 0 radical (unpaired) electrons. The molecular formula is C18H18N4O2. The summed E-state index contributed by atoms with van der Waals surface area (Å²) in [5.74, 6) is 0.879. The van der Waals surface area contributed by atoms with E-state index in [1.807, 2.05) is 60.7 Å². The largest absolute Gasteiger partial charge is 0.338 e. The molecule has 0 spiro atoms. The van der Waals surface area contributed by atoms with Gasteiger partial charge in [-0.3, -0.25) is 0 Å². The second-order valence-electron chi connectivity index (χ2n) is 5.22. The Balaban J connectivity index is 1.42. The molecule has 6 nitrogen and oxygen atoms in total. The summed E-state index contributed by atoms with van der Waals surface area (Å²) in [6, 6.07) is 19.3. The van der Waals surface area contributed by atoms with E-state index in [2.05, 4.69) is 20.8 Å². The van der Waals surface area contributed by atoms with Crippen molar-refractivity contribution in [1.29, 1.82) is 0 Å². The van der Waals surface area contributed by atoms with Crippen LogP contribution in [0.2, 0.25) is 0 Å². The first kappa shape index (κ1) is 15.7. The minimum atomic E-state index is -0.259. The van der Waals surface area contributed by atoms with Crippen molar-refractivity contribution in [2.75, 3.05) is 6.54 Å². The lowest BCUT2D eigenvalue weighted by atomic mass is 10.1. The Morgan fingerprint density at radius 1 is 0.958 bits per heavy atom. The maximum absolute atomic E-state index is 11.8. The number of benzene rings is 2. The van der Waals surface area contributed by atoms with Crippen LogP contribution in [0, 0.1) is 0 Å². The van der Waals surface area contributed by atoms with E-state index in [0.29, 0.717) is 18.3 Å². The molecule has 122 valence electrons. The quantitative estimate of drug-likeness (QED) is 0.731. The molecule has 0 saturated heterocycles. The molecule has 3 rings (SSSR count). The van der Waals surface area contributed by atoms with Crippen LogP contribution in [-0.4, -0.2) is 22.7 Å². The number of nitrogens with zero attached hydrogens (tertiary/aromatic N) is 2. The second-order valence-corrected chi connectivity index (χ2v) is 5.22. The molecule has 1 heterocycles. The van der Waals surface area contributed by atoms with Crippen molar-refractivity contribution < 1.29 is 9.32 Å². The zero-order valence-corrected chi connectivity index (χ0v) is 13.1. The Labute approximate surface area is 139 Å². The predicted molar refractivity (Wildman–Crippen MR) is 90.1 cm³/mol. The zero-order valence-electron chi connectivity index (χ0n) is 13.1. The molecule has 0 bridgehead atoms. The smallest absolute Gasteiger partial charge is 0.315 e. The summed E-state index contributed by atoms with van der Waals surface area (Å²) in [5.41, 5.74) is 2.06. The highest BCUT2D eigenvalue weighted by atomic mass is 16.5. The van der Waals surface area contributed by atoms with E-state index in [4.69, 9.17) is 4.52 Å². The number of hydrogen-bond acceptors (Lipinski definition) is 4. The van der Waals surface area contributed by atoms with Crippen molar-refractivity contribution in [3.8, 4) is 11.4 Å². The minimum Gasteiger partial charge on any atom is -0.338 e. The highest BCUT2D eigenvalue weighted by Gasteiger charge is 2.09. The third kappa shape index (κ3) is 4.42. The summed E-state index contributed by atoms with van der Waals surface area (Å²) in [6.45, 7) is 0.756. The summed E-state index contributed by atoms with van der Waals surface area (Å²) in [5, 5.41) is 9.41. The first-order chi connectivity index (χ1) is 11.8. The Morgan fingerprint density at radius 3 is 2.42 bits per heavy atom. The Hall–Kier alpha value is -3.15. The summed E-state index contributed by atoms with van der Waals surface area (Å²) < 4.78 is 5.14. The van der Waals surface area contributed by atoms with Gasteiger partial charge < -0.3 is 15.2 Å². The van der Waals surface area contributed by atoms with E-state index in [-0.39, 0.29) is 12.6 Å². The van der Waals surface area contributed by atoms with E-state index in [1.54, 1.807) is 0 Å². The van der Waals surface area contributed by atoms with Crippen molar-refractivity contribution in [3.05, 3.63) is 72.1 Å². The van der Waals surface area contributed by atoms with Crippen LogP contribution in [0.3, 0.4) is 0 Å². The molecule has 0 aliphatic heterocycles. The molecular weight excluding hydrogens is 304 g/mol. The number of amides is 2. The maximum atomic E-state index is 11.8. The third-order valence-corrected chi connectivity index (χ3v) is 3.44. The molecule has 3 aromatic rings. The molecule has 24 heavy (non-hydrogen) atoms. The standard InChI is InChI=1S/C18H18N4O2/c23-18(19-12-11-14-7-3-1-4-8-14)20-13-16-21-17(22-24-16)15-9-5-2-6-10-15/h1-10H,11-13H2,(H2,19,20,23). The van der Waals surface area contributed by atoms with Gasteiger partial charge in [-0.1, -0.05) is 65.8 Å². The second kappa shape index (κ2) is 7.92.